The maximum absolute atomic E-state index is 14.2. The van der Waals surface area contributed by atoms with Crippen molar-refractivity contribution in [3.05, 3.63) is 53.6 Å². The van der Waals surface area contributed by atoms with Crippen LogP contribution < -0.4 is 15.0 Å². The van der Waals surface area contributed by atoms with Gasteiger partial charge in [0.25, 0.3) is 5.92 Å². The Bertz CT molecular complexity index is 1090. The minimum Gasteiger partial charge on any atom is -0.490 e. The highest BCUT2D eigenvalue weighted by Gasteiger charge is 2.26. The van der Waals surface area contributed by atoms with Gasteiger partial charge in [-0.2, -0.15) is 4.98 Å². The Kier molecular flexibility index (Phi) is 5.94. The Morgan fingerprint density at radius 1 is 1.16 bits per heavy atom. The fourth-order valence-electron chi connectivity index (χ4n) is 3.59. The molecule has 0 radical (unpaired) electrons. The summed E-state index contributed by atoms with van der Waals surface area (Å²) in [6, 6.07) is 6.93. The largest absolute Gasteiger partial charge is 0.490 e. The summed E-state index contributed by atoms with van der Waals surface area (Å²) in [5.41, 5.74) is 0.545. The van der Waals surface area contributed by atoms with E-state index in [1.807, 2.05) is 24.0 Å². The summed E-state index contributed by atoms with van der Waals surface area (Å²) in [6.45, 7) is 4.09. The van der Waals surface area contributed by atoms with Crippen LogP contribution in [0.3, 0.4) is 0 Å². The minimum atomic E-state index is -3.07. The quantitative estimate of drug-likeness (QED) is 0.599. The average molecular weight is 446 g/mol. The summed E-state index contributed by atoms with van der Waals surface area (Å²) in [4.78, 5) is 10.6. The number of aryl methyl sites for hydroxylation is 2. The number of hydrogen-bond donors (Lipinski definition) is 1. The third-order valence-corrected chi connectivity index (χ3v) is 5.37. The zero-order valence-corrected chi connectivity index (χ0v) is 18.1. The molecular formula is C22H25F3N6O. The van der Waals surface area contributed by atoms with Crippen molar-refractivity contribution >= 4 is 17.6 Å². The molecule has 0 atom stereocenters. The Hall–Kier alpha value is -3.30. The number of piperidine rings is 1. The molecule has 1 fully saturated rings. The van der Waals surface area contributed by atoms with Crippen LogP contribution in [0.1, 0.15) is 31.0 Å². The fourth-order valence-corrected chi connectivity index (χ4v) is 3.59. The van der Waals surface area contributed by atoms with Crippen LogP contribution in [0.2, 0.25) is 0 Å². The first-order valence-electron chi connectivity index (χ1n) is 10.4. The number of rotatable bonds is 6. The van der Waals surface area contributed by atoms with Crippen LogP contribution in [0.5, 0.6) is 5.75 Å². The zero-order valence-electron chi connectivity index (χ0n) is 18.1. The van der Waals surface area contributed by atoms with E-state index in [1.165, 1.54) is 4.68 Å². The van der Waals surface area contributed by atoms with E-state index in [0.717, 1.165) is 49.4 Å². The highest BCUT2D eigenvalue weighted by Crippen LogP contribution is 2.31. The van der Waals surface area contributed by atoms with Gasteiger partial charge in [0.1, 0.15) is 17.7 Å². The minimum absolute atomic E-state index is 0.0779. The fraction of sp³-hybridized carbons (Fsp3) is 0.409. The first kappa shape index (κ1) is 21.9. The number of anilines is 3. The van der Waals surface area contributed by atoms with Crippen molar-refractivity contribution < 1.29 is 17.9 Å². The van der Waals surface area contributed by atoms with E-state index in [2.05, 4.69) is 20.4 Å². The lowest BCUT2D eigenvalue weighted by Crippen LogP contribution is -2.38. The first-order chi connectivity index (χ1) is 15.2. The van der Waals surface area contributed by atoms with Gasteiger partial charge >= 0.3 is 0 Å². The molecule has 0 aliphatic carbocycles. The van der Waals surface area contributed by atoms with E-state index in [1.54, 1.807) is 13.2 Å². The molecule has 0 spiro atoms. The highest BCUT2D eigenvalue weighted by molar-refractivity contribution is 5.57. The van der Waals surface area contributed by atoms with Gasteiger partial charge in [0, 0.05) is 63.4 Å². The summed E-state index contributed by atoms with van der Waals surface area (Å²) < 4.78 is 48.9. The molecule has 1 N–H and O–H groups in total. The van der Waals surface area contributed by atoms with E-state index in [0.29, 0.717) is 19.0 Å². The lowest BCUT2D eigenvalue weighted by atomic mass is 10.1. The lowest BCUT2D eigenvalue weighted by molar-refractivity contribution is 0.0175. The lowest BCUT2D eigenvalue weighted by Gasteiger charge is -2.31. The Balaban J connectivity index is 1.41. The molecule has 4 rings (SSSR count). The number of pyridine rings is 1. The van der Waals surface area contributed by atoms with E-state index >= 15 is 0 Å². The number of halogens is 3. The van der Waals surface area contributed by atoms with Crippen molar-refractivity contribution in [1.29, 1.82) is 0 Å². The second kappa shape index (κ2) is 8.68. The van der Waals surface area contributed by atoms with Crippen molar-refractivity contribution in [2.45, 2.75) is 38.7 Å². The van der Waals surface area contributed by atoms with Gasteiger partial charge in [-0.1, -0.05) is 6.07 Å². The summed E-state index contributed by atoms with van der Waals surface area (Å²) in [5, 5.41) is 7.18. The molecule has 3 heterocycles. The monoisotopic (exact) mass is 446 g/mol. The summed E-state index contributed by atoms with van der Waals surface area (Å²) >= 11 is 0. The van der Waals surface area contributed by atoms with E-state index < -0.39 is 11.7 Å². The molecule has 0 unspecified atom stereocenters. The van der Waals surface area contributed by atoms with Gasteiger partial charge in [-0.15, -0.1) is 5.10 Å². The third-order valence-electron chi connectivity index (χ3n) is 5.37. The van der Waals surface area contributed by atoms with Crippen molar-refractivity contribution in [1.82, 2.24) is 19.7 Å². The first-order valence-corrected chi connectivity index (χ1v) is 10.4. The maximum atomic E-state index is 14.2. The highest BCUT2D eigenvalue weighted by atomic mass is 19.3. The Morgan fingerprint density at radius 2 is 1.91 bits per heavy atom. The predicted molar refractivity (Wildman–Crippen MR) is 115 cm³/mol. The van der Waals surface area contributed by atoms with E-state index in [-0.39, 0.29) is 23.3 Å². The molecule has 0 saturated carbocycles. The van der Waals surface area contributed by atoms with Gasteiger partial charge < -0.3 is 15.0 Å². The molecule has 32 heavy (non-hydrogen) atoms. The van der Waals surface area contributed by atoms with Gasteiger partial charge in [0.2, 0.25) is 11.9 Å². The van der Waals surface area contributed by atoms with Gasteiger partial charge in [-0.3, -0.25) is 4.98 Å². The average Bonchev–Trinajstić information content (AvgIpc) is 3.10. The zero-order chi connectivity index (χ0) is 22.9. The van der Waals surface area contributed by atoms with E-state index in [9.17, 15) is 13.2 Å². The van der Waals surface area contributed by atoms with Crippen LogP contribution >= 0.6 is 0 Å². The summed E-state index contributed by atoms with van der Waals surface area (Å²) in [7, 11) is 1.66. The smallest absolute Gasteiger partial charge is 0.270 e. The van der Waals surface area contributed by atoms with Crippen molar-refractivity contribution in [2.24, 2.45) is 7.05 Å². The van der Waals surface area contributed by atoms with Gasteiger partial charge in [-0.25, -0.2) is 17.9 Å². The molecule has 0 amide bonds. The van der Waals surface area contributed by atoms with Crippen molar-refractivity contribution in [2.75, 3.05) is 23.3 Å². The standard InChI is InChI=1S/C22H25F3N6O/c1-14-12-17(6-9-26-14)32-16-7-10-31(11-8-16)21-28-20(30(3)29-21)27-19-13-15(22(2,24)25)4-5-18(19)23/h4-6,9,12-13,16H,7-8,10-11H2,1-3H3,(H,27,28,29). The molecule has 2 aromatic heterocycles. The van der Waals surface area contributed by atoms with Crippen LogP contribution in [0, 0.1) is 12.7 Å². The Labute approximate surface area is 184 Å². The SMILES string of the molecule is Cc1cc(OC2CCN(c3nc(Nc4cc(C(C)(F)F)ccc4F)n(C)n3)CC2)ccn1. The molecule has 10 heteroatoms. The molecular weight excluding hydrogens is 421 g/mol. The van der Waals surface area contributed by atoms with Gasteiger partial charge in [-0.05, 0) is 25.1 Å². The third kappa shape index (κ3) is 4.95. The molecule has 170 valence electrons. The number of ether oxygens (including phenoxy) is 1. The maximum Gasteiger partial charge on any atom is 0.270 e. The number of hydrogen-bond acceptors (Lipinski definition) is 6. The normalized spacial score (nSPS) is 15.1. The summed E-state index contributed by atoms with van der Waals surface area (Å²) in [6.07, 6.45) is 3.41. The topological polar surface area (TPSA) is 68.1 Å². The van der Waals surface area contributed by atoms with Crippen LogP contribution in [0.15, 0.2) is 36.5 Å². The van der Waals surface area contributed by atoms with Crippen LogP contribution in [-0.2, 0) is 13.0 Å². The number of nitrogens with zero attached hydrogens (tertiary/aromatic N) is 5. The van der Waals surface area contributed by atoms with Crippen LogP contribution in [0.4, 0.5) is 30.8 Å². The van der Waals surface area contributed by atoms with E-state index in [4.69, 9.17) is 4.74 Å². The predicted octanol–water partition coefficient (Wildman–Crippen LogP) is 4.56. The number of benzene rings is 1. The molecule has 1 saturated heterocycles. The summed E-state index contributed by atoms with van der Waals surface area (Å²) in [5.74, 6) is -2.16. The second-order valence-electron chi connectivity index (χ2n) is 8.00. The number of nitrogens with one attached hydrogen (secondary N) is 1. The Morgan fingerprint density at radius 3 is 2.59 bits per heavy atom. The van der Waals surface area contributed by atoms with Crippen molar-refractivity contribution in [3.8, 4) is 5.75 Å². The number of alkyl halides is 2. The molecule has 3 aromatic rings. The molecule has 1 aliphatic heterocycles. The van der Waals surface area contributed by atoms with Crippen molar-refractivity contribution in [3.63, 3.8) is 0 Å². The number of aromatic nitrogens is 4. The van der Waals surface area contributed by atoms with Gasteiger partial charge in [0.15, 0.2) is 0 Å². The van der Waals surface area contributed by atoms with Crippen LogP contribution in [0.25, 0.3) is 0 Å². The van der Waals surface area contributed by atoms with Crippen LogP contribution in [-0.4, -0.2) is 38.9 Å². The van der Waals surface area contributed by atoms with Gasteiger partial charge in [0.05, 0.1) is 5.69 Å². The second-order valence-corrected chi connectivity index (χ2v) is 8.00. The molecule has 1 aromatic carbocycles. The molecule has 1 aliphatic rings. The molecule has 7 nitrogen and oxygen atoms in total. The molecule has 0 bridgehead atoms.